The monoisotopic (exact) mass is 362 g/mol. The molecule has 0 amide bonds. The Bertz CT molecular complexity index is 788. The molecule has 2 unspecified atom stereocenters. The van der Waals surface area contributed by atoms with Gasteiger partial charge in [0.05, 0.1) is 0 Å². The molecule has 2 aliphatic rings. The van der Waals surface area contributed by atoms with Gasteiger partial charge in [0.25, 0.3) is 0 Å². The largest absolute Gasteiger partial charge is 0.435 e. The van der Waals surface area contributed by atoms with Gasteiger partial charge < -0.3 is 4.74 Å². The first-order valence-electron chi connectivity index (χ1n) is 9.67. The summed E-state index contributed by atoms with van der Waals surface area (Å²) in [6.45, 7) is -0.546. The molecule has 0 spiro atoms. The van der Waals surface area contributed by atoms with Gasteiger partial charge in [-0.3, -0.25) is 0 Å². The van der Waals surface area contributed by atoms with E-state index in [1.807, 2.05) is 6.07 Å². The van der Waals surface area contributed by atoms with Crippen LogP contribution < -0.4 is 4.74 Å². The minimum atomic E-state index is -2.90. The van der Waals surface area contributed by atoms with Crippen molar-refractivity contribution in [2.75, 3.05) is 0 Å². The molecule has 0 saturated heterocycles. The summed E-state index contributed by atoms with van der Waals surface area (Å²) >= 11 is 0. The fourth-order valence-electron chi connectivity index (χ4n) is 5.15. The van der Waals surface area contributed by atoms with E-state index in [1.165, 1.54) is 37.8 Å². The van der Waals surface area contributed by atoms with Gasteiger partial charge in [-0.2, -0.15) is 8.78 Å². The van der Waals surface area contributed by atoms with E-state index in [2.05, 4.69) is 11.7 Å². The van der Waals surface area contributed by atoms with Crippen LogP contribution in [0.15, 0.2) is 30.3 Å². The fourth-order valence-corrected chi connectivity index (χ4v) is 5.15. The van der Waals surface area contributed by atoms with Gasteiger partial charge in [-0.1, -0.05) is 25.5 Å². The number of ether oxygens (including phenoxy) is 1. The Morgan fingerprint density at radius 3 is 2.54 bits per heavy atom. The smallest absolute Gasteiger partial charge is 0.387 e. The molecule has 140 valence electrons. The van der Waals surface area contributed by atoms with Gasteiger partial charge >= 0.3 is 6.61 Å². The number of halogens is 3. The SMILES string of the molecule is C[C@@H]1CC[C@@H]2CC(c3cc(F)c4cc(OC(F)F)ccc4c3)CCC2C1. The number of benzene rings is 2. The third kappa shape index (κ3) is 3.56. The Kier molecular flexibility index (Phi) is 4.85. The zero-order chi connectivity index (χ0) is 18.3. The molecule has 0 N–H and O–H groups in total. The highest BCUT2D eigenvalue weighted by molar-refractivity contribution is 5.85. The van der Waals surface area contributed by atoms with Crippen LogP contribution in [0.1, 0.15) is 56.9 Å². The Balaban J connectivity index is 1.57. The number of hydrogen-bond acceptors (Lipinski definition) is 1. The highest BCUT2D eigenvalue weighted by Gasteiger charge is 2.35. The van der Waals surface area contributed by atoms with Crippen molar-refractivity contribution < 1.29 is 17.9 Å². The Hall–Kier alpha value is -1.71. The van der Waals surface area contributed by atoms with Crippen molar-refractivity contribution in [3.63, 3.8) is 0 Å². The van der Waals surface area contributed by atoms with Crippen LogP contribution in [0.25, 0.3) is 10.8 Å². The standard InChI is InChI=1S/C22H25F3O/c1-13-2-3-15-9-16(5-4-14(15)8-13)18-10-17-6-7-19(26-22(24)25)12-20(17)21(23)11-18/h6-7,10-16,22H,2-5,8-9H2,1H3/t13-,14?,15-,16?/m1/s1. The summed E-state index contributed by atoms with van der Waals surface area (Å²) in [5, 5.41) is 1.09. The lowest BCUT2D eigenvalue weighted by molar-refractivity contribution is -0.0497. The van der Waals surface area contributed by atoms with Crippen LogP contribution in [0.4, 0.5) is 13.2 Å². The van der Waals surface area contributed by atoms with Gasteiger partial charge in [0, 0.05) is 5.39 Å². The van der Waals surface area contributed by atoms with Crippen molar-refractivity contribution in [1.82, 2.24) is 0 Å². The number of rotatable bonds is 3. The topological polar surface area (TPSA) is 9.23 Å². The number of fused-ring (bicyclic) bond motifs is 2. The molecule has 0 bridgehead atoms. The van der Waals surface area contributed by atoms with E-state index < -0.39 is 6.61 Å². The molecule has 1 nitrogen and oxygen atoms in total. The van der Waals surface area contributed by atoms with Gasteiger partial charge in [0.2, 0.25) is 0 Å². The van der Waals surface area contributed by atoms with Crippen molar-refractivity contribution in [3.8, 4) is 5.75 Å². The van der Waals surface area contributed by atoms with Crippen LogP contribution in [-0.4, -0.2) is 6.61 Å². The molecule has 0 heterocycles. The number of alkyl halides is 2. The van der Waals surface area contributed by atoms with E-state index in [4.69, 9.17) is 0 Å². The summed E-state index contributed by atoms with van der Waals surface area (Å²) in [6, 6.07) is 8.15. The first-order chi connectivity index (χ1) is 12.5. The highest BCUT2D eigenvalue weighted by atomic mass is 19.3. The molecule has 0 radical (unpaired) electrons. The van der Waals surface area contributed by atoms with E-state index in [9.17, 15) is 13.2 Å². The second kappa shape index (κ2) is 7.13. The molecule has 4 rings (SSSR count). The minimum Gasteiger partial charge on any atom is -0.435 e. The maximum atomic E-state index is 14.7. The molecule has 4 atom stereocenters. The first-order valence-corrected chi connectivity index (χ1v) is 9.67. The van der Waals surface area contributed by atoms with Crippen LogP contribution in [0.2, 0.25) is 0 Å². The third-order valence-corrected chi connectivity index (χ3v) is 6.47. The van der Waals surface area contributed by atoms with Crippen molar-refractivity contribution in [3.05, 3.63) is 41.7 Å². The van der Waals surface area contributed by atoms with Crippen LogP contribution in [0, 0.1) is 23.6 Å². The molecular weight excluding hydrogens is 337 g/mol. The summed E-state index contributed by atoms with van der Waals surface area (Å²) in [7, 11) is 0. The predicted octanol–water partition coefficient (Wildman–Crippen LogP) is 6.90. The predicted molar refractivity (Wildman–Crippen MR) is 97.1 cm³/mol. The van der Waals surface area contributed by atoms with Gasteiger partial charge in [0.1, 0.15) is 11.6 Å². The average molecular weight is 362 g/mol. The van der Waals surface area contributed by atoms with Gasteiger partial charge in [-0.25, -0.2) is 4.39 Å². The maximum absolute atomic E-state index is 14.7. The Morgan fingerprint density at radius 2 is 1.73 bits per heavy atom. The normalized spacial score (nSPS) is 29.0. The molecular formula is C22H25F3O. The molecule has 0 aliphatic heterocycles. The molecule has 4 heteroatoms. The second-order valence-corrected chi connectivity index (χ2v) is 8.21. The van der Waals surface area contributed by atoms with E-state index in [1.54, 1.807) is 12.1 Å². The van der Waals surface area contributed by atoms with Crippen LogP contribution in [0.3, 0.4) is 0 Å². The zero-order valence-electron chi connectivity index (χ0n) is 15.1. The van der Waals surface area contributed by atoms with Crippen LogP contribution in [0.5, 0.6) is 5.75 Å². The van der Waals surface area contributed by atoms with E-state index in [0.29, 0.717) is 11.3 Å². The second-order valence-electron chi connectivity index (χ2n) is 8.21. The molecule has 2 aliphatic carbocycles. The summed E-state index contributed by atoms with van der Waals surface area (Å²) in [5.41, 5.74) is 1.05. The average Bonchev–Trinajstić information content (AvgIpc) is 2.61. The Morgan fingerprint density at radius 1 is 0.962 bits per heavy atom. The highest BCUT2D eigenvalue weighted by Crippen LogP contribution is 2.47. The van der Waals surface area contributed by atoms with Crippen LogP contribution >= 0.6 is 0 Å². The third-order valence-electron chi connectivity index (χ3n) is 6.47. The lowest BCUT2D eigenvalue weighted by Crippen LogP contribution is -2.29. The van der Waals surface area contributed by atoms with Crippen molar-refractivity contribution in [2.45, 2.75) is 58.0 Å². The summed E-state index contributed by atoms with van der Waals surface area (Å²) in [6.07, 6.45) is 7.46. The maximum Gasteiger partial charge on any atom is 0.387 e. The molecule has 26 heavy (non-hydrogen) atoms. The fraction of sp³-hybridized carbons (Fsp3) is 0.545. The molecule has 2 saturated carbocycles. The van der Waals surface area contributed by atoms with Gasteiger partial charge in [-0.05, 0) is 84.9 Å². The Labute approximate surface area is 152 Å². The molecule has 0 aromatic heterocycles. The summed E-state index contributed by atoms with van der Waals surface area (Å²) < 4.78 is 43.8. The molecule has 2 aromatic carbocycles. The summed E-state index contributed by atoms with van der Waals surface area (Å²) in [5.74, 6) is 2.50. The first kappa shape index (κ1) is 17.7. The van der Waals surface area contributed by atoms with E-state index >= 15 is 0 Å². The van der Waals surface area contributed by atoms with Crippen LogP contribution in [-0.2, 0) is 0 Å². The molecule has 2 aromatic rings. The quantitative estimate of drug-likeness (QED) is 0.577. The zero-order valence-corrected chi connectivity index (χ0v) is 15.1. The van der Waals surface area contributed by atoms with E-state index in [-0.39, 0.29) is 11.6 Å². The van der Waals surface area contributed by atoms with Gasteiger partial charge in [-0.15, -0.1) is 0 Å². The van der Waals surface area contributed by atoms with Crippen molar-refractivity contribution >= 4 is 10.8 Å². The minimum absolute atomic E-state index is 0.00372. The van der Waals surface area contributed by atoms with Crippen molar-refractivity contribution in [1.29, 1.82) is 0 Å². The number of hydrogen-bond donors (Lipinski definition) is 0. The van der Waals surface area contributed by atoms with Crippen molar-refractivity contribution in [2.24, 2.45) is 17.8 Å². The lowest BCUT2D eigenvalue weighted by atomic mass is 9.64. The van der Waals surface area contributed by atoms with E-state index in [0.717, 1.165) is 41.5 Å². The van der Waals surface area contributed by atoms with Gasteiger partial charge in [0.15, 0.2) is 0 Å². The summed E-state index contributed by atoms with van der Waals surface area (Å²) in [4.78, 5) is 0. The molecule has 2 fully saturated rings. The lowest BCUT2D eigenvalue weighted by Gasteiger charge is -2.41.